The Morgan fingerprint density at radius 1 is 1.18 bits per heavy atom. The summed E-state index contributed by atoms with van der Waals surface area (Å²) in [5.41, 5.74) is 0.841. The van der Waals surface area contributed by atoms with E-state index < -0.39 is 5.97 Å². The SMILES string of the molecule is O=C(COC(=O)/C=C/c1ccc(Cl)cc1)NC1CCCCC1. The van der Waals surface area contributed by atoms with Crippen molar-refractivity contribution in [2.24, 2.45) is 0 Å². The lowest BCUT2D eigenvalue weighted by molar-refractivity contribution is -0.144. The summed E-state index contributed by atoms with van der Waals surface area (Å²) in [5, 5.41) is 3.54. The molecule has 0 aromatic heterocycles. The second-order valence-corrected chi connectivity index (χ2v) is 5.83. The van der Waals surface area contributed by atoms with Gasteiger partial charge in [-0.05, 0) is 36.6 Å². The molecule has 1 saturated carbocycles. The fourth-order valence-corrected chi connectivity index (χ4v) is 2.57. The van der Waals surface area contributed by atoms with Gasteiger partial charge in [-0.3, -0.25) is 4.79 Å². The predicted molar refractivity (Wildman–Crippen MR) is 86.5 cm³/mol. The van der Waals surface area contributed by atoms with E-state index in [1.54, 1.807) is 30.3 Å². The van der Waals surface area contributed by atoms with E-state index >= 15 is 0 Å². The molecule has 1 aromatic rings. The smallest absolute Gasteiger partial charge is 0.331 e. The standard InChI is InChI=1S/C17H20ClNO3/c18-14-9-6-13(7-10-14)8-11-17(21)22-12-16(20)19-15-4-2-1-3-5-15/h6-11,15H,1-5,12H2,(H,19,20)/b11-8+. The average molecular weight is 322 g/mol. The number of rotatable bonds is 5. The van der Waals surface area contributed by atoms with E-state index in [1.807, 2.05) is 0 Å². The van der Waals surface area contributed by atoms with E-state index in [1.165, 1.54) is 12.5 Å². The fraction of sp³-hybridized carbons (Fsp3) is 0.412. The number of ether oxygens (including phenoxy) is 1. The van der Waals surface area contributed by atoms with Crippen LogP contribution in [0.4, 0.5) is 0 Å². The van der Waals surface area contributed by atoms with Crippen LogP contribution in [-0.2, 0) is 14.3 Å². The maximum absolute atomic E-state index is 11.7. The molecular formula is C17H20ClNO3. The zero-order valence-electron chi connectivity index (χ0n) is 12.4. The summed E-state index contributed by atoms with van der Waals surface area (Å²) in [4.78, 5) is 23.3. The van der Waals surface area contributed by atoms with Gasteiger partial charge < -0.3 is 10.1 Å². The van der Waals surface area contributed by atoms with E-state index in [-0.39, 0.29) is 18.6 Å². The summed E-state index contributed by atoms with van der Waals surface area (Å²) in [6.07, 6.45) is 8.47. The van der Waals surface area contributed by atoms with E-state index in [0.717, 1.165) is 31.2 Å². The van der Waals surface area contributed by atoms with Gasteiger partial charge in [-0.25, -0.2) is 4.79 Å². The monoisotopic (exact) mass is 321 g/mol. The molecule has 1 amide bonds. The molecule has 1 aliphatic carbocycles. The number of benzene rings is 1. The van der Waals surface area contributed by atoms with Gasteiger partial charge in [-0.1, -0.05) is 43.0 Å². The van der Waals surface area contributed by atoms with E-state index in [2.05, 4.69) is 5.32 Å². The van der Waals surface area contributed by atoms with Crippen LogP contribution in [0.15, 0.2) is 30.3 Å². The van der Waals surface area contributed by atoms with Crippen molar-refractivity contribution >= 4 is 29.6 Å². The average Bonchev–Trinajstić information content (AvgIpc) is 2.53. The molecular weight excluding hydrogens is 302 g/mol. The van der Waals surface area contributed by atoms with Crippen LogP contribution < -0.4 is 5.32 Å². The Bertz CT molecular complexity index is 533. The van der Waals surface area contributed by atoms with Crippen molar-refractivity contribution in [2.75, 3.05) is 6.61 Å². The first-order chi connectivity index (χ1) is 10.6. The molecule has 0 aliphatic heterocycles. The molecule has 0 saturated heterocycles. The highest BCUT2D eigenvalue weighted by Crippen LogP contribution is 2.17. The van der Waals surface area contributed by atoms with Crippen molar-refractivity contribution in [1.82, 2.24) is 5.32 Å². The van der Waals surface area contributed by atoms with Crippen molar-refractivity contribution in [2.45, 2.75) is 38.1 Å². The van der Waals surface area contributed by atoms with Crippen molar-refractivity contribution < 1.29 is 14.3 Å². The van der Waals surface area contributed by atoms with E-state index in [9.17, 15) is 9.59 Å². The molecule has 0 bridgehead atoms. The molecule has 4 nitrogen and oxygen atoms in total. The highest BCUT2D eigenvalue weighted by molar-refractivity contribution is 6.30. The topological polar surface area (TPSA) is 55.4 Å². The number of amides is 1. The van der Waals surface area contributed by atoms with Gasteiger partial charge >= 0.3 is 5.97 Å². The maximum Gasteiger partial charge on any atom is 0.331 e. The third-order valence-electron chi connectivity index (χ3n) is 3.60. The fourth-order valence-electron chi connectivity index (χ4n) is 2.44. The zero-order valence-corrected chi connectivity index (χ0v) is 13.1. The third-order valence-corrected chi connectivity index (χ3v) is 3.85. The van der Waals surface area contributed by atoms with Crippen molar-refractivity contribution in [1.29, 1.82) is 0 Å². The molecule has 1 N–H and O–H groups in total. The molecule has 5 heteroatoms. The van der Waals surface area contributed by atoms with Crippen LogP contribution in [0.1, 0.15) is 37.7 Å². The Hall–Kier alpha value is -1.81. The van der Waals surface area contributed by atoms with Gasteiger partial charge in [-0.15, -0.1) is 0 Å². The van der Waals surface area contributed by atoms with Crippen LogP contribution in [0.3, 0.4) is 0 Å². The van der Waals surface area contributed by atoms with Gasteiger partial charge in [0.05, 0.1) is 0 Å². The molecule has 2 rings (SSSR count). The molecule has 1 aromatic carbocycles. The lowest BCUT2D eigenvalue weighted by Crippen LogP contribution is -2.38. The maximum atomic E-state index is 11.7. The van der Waals surface area contributed by atoms with Crippen molar-refractivity contribution in [3.63, 3.8) is 0 Å². The number of hydrogen-bond donors (Lipinski definition) is 1. The molecule has 0 spiro atoms. The largest absolute Gasteiger partial charge is 0.452 e. The highest BCUT2D eigenvalue weighted by atomic mass is 35.5. The van der Waals surface area contributed by atoms with Gasteiger partial charge in [0.25, 0.3) is 5.91 Å². The Balaban J connectivity index is 1.70. The van der Waals surface area contributed by atoms with Gasteiger partial charge in [0.2, 0.25) is 0 Å². The highest BCUT2D eigenvalue weighted by Gasteiger charge is 2.16. The summed E-state index contributed by atoms with van der Waals surface area (Å²) >= 11 is 5.78. The Morgan fingerprint density at radius 3 is 2.55 bits per heavy atom. The number of hydrogen-bond acceptors (Lipinski definition) is 3. The van der Waals surface area contributed by atoms with Gasteiger partial charge in [0.15, 0.2) is 6.61 Å². The normalized spacial score (nSPS) is 15.7. The number of carbonyl (C=O) groups excluding carboxylic acids is 2. The van der Waals surface area contributed by atoms with Crippen LogP contribution in [-0.4, -0.2) is 24.5 Å². The minimum absolute atomic E-state index is 0.226. The molecule has 0 radical (unpaired) electrons. The minimum atomic E-state index is -0.534. The molecule has 22 heavy (non-hydrogen) atoms. The van der Waals surface area contributed by atoms with E-state index in [4.69, 9.17) is 16.3 Å². The summed E-state index contributed by atoms with van der Waals surface area (Å²) < 4.78 is 4.93. The van der Waals surface area contributed by atoms with Crippen LogP contribution in [0.5, 0.6) is 0 Å². The predicted octanol–water partition coefficient (Wildman–Crippen LogP) is 3.35. The summed E-state index contributed by atoms with van der Waals surface area (Å²) in [7, 11) is 0. The molecule has 1 fully saturated rings. The number of nitrogens with one attached hydrogen (secondary N) is 1. The number of carbonyl (C=O) groups is 2. The summed E-state index contributed by atoms with van der Waals surface area (Å²) in [6.45, 7) is -0.236. The van der Waals surface area contributed by atoms with E-state index in [0.29, 0.717) is 5.02 Å². The number of halogens is 1. The Morgan fingerprint density at radius 2 is 1.86 bits per heavy atom. The Kier molecular flexibility index (Phi) is 6.46. The van der Waals surface area contributed by atoms with Crippen LogP contribution in [0.2, 0.25) is 5.02 Å². The second-order valence-electron chi connectivity index (χ2n) is 5.40. The molecule has 0 unspecified atom stereocenters. The van der Waals surface area contributed by atoms with Gasteiger partial charge in [0, 0.05) is 17.1 Å². The van der Waals surface area contributed by atoms with Crippen molar-refractivity contribution in [3.05, 3.63) is 40.9 Å². The minimum Gasteiger partial charge on any atom is -0.452 e. The second kappa shape index (κ2) is 8.59. The lowest BCUT2D eigenvalue weighted by atomic mass is 9.95. The third kappa shape index (κ3) is 5.90. The van der Waals surface area contributed by atoms with Gasteiger partial charge in [-0.2, -0.15) is 0 Å². The van der Waals surface area contributed by atoms with Crippen molar-refractivity contribution in [3.8, 4) is 0 Å². The van der Waals surface area contributed by atoms with Crippen LogP contribution >= 0.6 is 11.6 Å². The summed E-state index contributed by atoms with van der Waals surface area (Å²) in [5.74, 6) is -0.770. The Labute approximate surface area is 135 Å². The lowest BCUT2D eigenvalue weighted by Gasteiger charge is -2.22. The first-order valence-corrected chi connectivity index (χ1v) is 7.91. The zero-order chi connectivity index (χ0) is 15.8. The molecule has 1 aliphatic rings. The van der Waals surface area contributed by atoms with Crippen LogP contribution in [0, 0.1) is 0 Å². The first kappa shape index (κ1) is 16.6. The quantitative estimate of drug-likeness (QED) is 0.668. The molecule has 118 valence electrons. The first-order valence-electron chi connectivity index (χ1n) is 7.53. The van der Waals surface area contributed by atoms with Crippen LogP contribution in [0.25, 0.3) is 6.08 Å². The summed E-state index contributed by atoms with van der Waals surface area (Å²) in [6, 6.07) is 7.29. The number of esters is 1. The van der Waals surface area contributed by atoms with Gasteiger partial charge in [0.1, 0.15) is 0 Å². The molecule has 0 heterocycles. The molecule has 0 atom stereocenters.